The monoisotopic (exact) mass is 452 g/mol. The molecule has 0 aliphatic carbocycles. The van der Waals surface area contributed by atoms with Gasteiger partial charge in [0.25, 0.3) is 0 Å². The summed E-state index contributed by atoms with van der Waals surface area (Å²) in [4.78, 5) is 19.5. The third-order valence-electron chi connectivity index (χ3n) is 5.84. The van der Waals surface area contributed by atoms with Crippen molar-refractivity contribution in [2.75, 3.05) is 18.4 Å². The molecule has 1 aliphatic rings. The fraction of sp³-hybridized carbons (Fsp3) is 0.400. The van der Waals surface area contributed by atoms with Gasteiger partial charge in [-0.15, -0.1) is 0 Å². The Labute approximate surface area is 194 Å². The zero-order chi connectivity index (χ0) is 22.7. The minimum absolute atomic E-state index is 0.00652. The molecule has 1 aliphatic heterocycles. The van der Waals surface area contributed by atoms with Crippen LogP contribution in [-0.4, -0.2) is 34.0 Å². The average molecular weight is 453 g/mol. The SMILES string of the molecule is CC(C)(C)c1ccc(-c2noc(CN3CCCC(C(=O)Nc4ccccc4Cl)C3)n2)cc1. The number of nitrogens with one attached hydrogen (secondary N) is 1. The Kier molecular flexibility index (Phi) is 6.63. The number of rotatable bonds is 5. The third kappa shape index (κ3) is 5.37. The number of aromatic nitrogens is 2. The molecule has 1 fully saturated rings. The van der Waals surface area contributed by atoms with Gasteiger partial charge in [0.05, 0.1) is 23.2 Å². The van der Waals surface area contributed by atoms with Crippen molar-refractivity contribution in [3.63, 3.8) is 0 Å². The number of carbonyl (C=O) groups excluding carboxylic acids is 1. The number of likely N-dealkylation sites (tertiary alicyclic amines) is 1. The molecule has 1 atom stereocenters. The molecule has 0 saturated carbocycles. The van der Waals surface area contributed by atoms with Crippen molar-refractivity contribution in [2.45, 2.75) is 45.6 Å². The lowest BCUT2D eigenvalue weighted by atomic mass is 9.87. The number of amides is 1. The molecule has 3 aromatic rings. The molecule has 1 aromatic heterocycles. The molecular formula is C25H29ClN4O2. The van der Waals surface area contributed by atoms with Gasteiger partial charge in [-0.3, -0.25) is 9.69 Å². The highest BCUT2D eigenvalue weighted by Gasteiger charge is 2.27. The molecule has 2 aromatic carbocycles. The van der Waals surface area contributed by atoms with E-state index >= 15 is 0 Å². The van der Waals surface area contributed by atoms with Crippen LogP contribution in [0.1, 0.15) is 45.1 Å². The first kappa shape index (κ1) is 22.5. The fourth-order valence-electron chi connectivity index (χ4n) is 3.96. The second-order valence-corrected chi connectivity index (χ2v) is 9.79. The van der Waals surface area contributed by atoms with E-state index in [1.807, 2.05) is 30.3 Å². The average Bonchev–Trinajstić information content (AvgIpc) is 3.23. The van der Waals surface area contributed by atoms with Crippen molar-refractivity contribution in [2.24, 2.45) is 5.92 Å². The summed E-state index contributed by atoms with van der Waals surface area (Å²) in [6, 6.07) is 15.6. The fourth-order valence-corrected chi connectivity index (χ4v) is 4.14. The predicted molar refractivity (Wildman–Crippen MR) is 127 cm³/mol. The first-order valence-corrected chi connectivity index (χ1v) is 11.4. The number of halogens is 1. The van der Waals surface area contributed by atoms with Crippen LogP contribution in [0.4, 0.5) is 5.69 Å². The van der Waals surface area contributed by atoms with Crippen molar-refractivity contribution in [3.05, 3.63) is 65.0 Å². The number of hydrogen-bond acceptors (Lipinski definition) is 5. The lowest BCUT2D eigenvalue weighted by Gasteiger charge is -2.30. The summed E-state index contributed by atoms with van der Waals surface area (Å²) in [6.45, 7) is 8.64. The Morgan fingerprint density at radius 3 is 2.66 bits per heavy atom. The zero-order valence-electron chi connectivity index (χ0n) is 18.8. The molecule has 2 heterocycles. The van der Waals surface area contributed by atoms with Crippen molar-refractivity contribution in [1.29, 1.82) is 0 Å². The first-order valence-electron chi connectivity index (χ1n) is 11.0. The molecule has 1 saturated heterocycles. The van der Waals surface area contributed by atoms with Crippen molar-refractivity contribution in [1.82, 2.24) is 15.0 Å². The normalized spacial score (nSPS) is 17.3. The van der Waals surface area contributed by atoms with Gasteiger partial charge in [-0.25, -0.2) is 0 Å². The summed E-state index contributed by atoms with van der Waals surface area (Å²) in [7, 11) is 0. The molecule has 7 heteroatoms. The molecule has 0 radical (unpaired) electrons. The molecule has 1 unspecified atom stereocenters. The molecule has 0 spiro atoms. The summed E-state index contributed by atoms with van der Waals surface area (Å²) in [5, 5.41) is 7.66. The van der Waals surface area contributed by atoms with E-state index in [1.54, 1.807) is 6.07 Å². The van der Waals surface area contributed by atoms with Crippen LogP contribution >= 0.6 is 11.6 Å². The summed E-state index contributed by atoms with van der Waals surface area (Å²) in [5.41, 5.74) is 2.95. The van der Waals surface area contributed by atoms with Crippen LogP contribution in [0.3, 0.4) is 0 Å². The topological polar surface area (TPSA) is 71.3 Å². The lowest BCUT2D eigenvalue weighted by Crippen LogP contribution is -2.40. The van der Waals surface area contributed by atoms with Gasteiger partial charge in [-0.05, 0) is 42.5 Å². The summed E-state index contributed by atoms with van der Waals surface area (Å²) >= 11 is 6.17. The molecule has 1 N–H and O–H groups in total. The van der Waals surface area contributed by atoms with E-state index < -0.39 is 0 Å². The minimum Gasteiger partial charge on any atom is -0.338 e. The highest BCUT2D eigenvalue weighted by atomic mass is 35.5. The van der Waals surface area contributed by atoms with Gasteiger partial charge in [0.15, 0.2) is 0 Å². The van der Waals surface area contributed by atoms with E-state index in [0.717, 1.165) is 24.9 Å². The Morgan fingerprint density at radius 2 is 1.94 bits per heavy atom. The molecule has 1 amide bonds. The highest BCUT2D eigenvalue weighted by Crippen LogP contribution is 2.26. The molecule has 6 nitrogen and oxygen atoms in total. The quantitative estimate of drug-likeness (QED) is 0.550. The van der Waals surface area contributed by atoms with Crippen molar-refractivity contribution < 1.29 is 9.32 Å². The van der Waals surface area contributed by atoms with E-state index in [0.29, 0.717) is 35.5 Å². The first-order chi connectivity index (χ1) is 15.3. The Bertz CT molecular complexity index is 1070. The summed E-state index contributed by atoms with van der Waals surface area (Å²) in [5.74, 6) is 1.04. The van der Waals surface area contributed by atoms with Crippen LogP contribution in [0, 0.1) is 5.92 Å². The smallest absolute Gasteiger partial charge is 0.241 e. The second-order valence-electron chi connectivity index (χ2n) is 9.38. The van der Waals surface area contributed by atoms with Crippen molar-refractivity contribution in [3.8, 4) is 11.4 Å². The van der Waals surface area contributed by atoms with Crippen LogP contribution < -0.4 is 5.32 Å². The third-order valence-corrected chi connectivity index (χ3v) is 6.17. The molecule has 4 rings (SSSR count). The standard InChI is InChI=1S/C25H29ClN4O2/c1-25(2,3)19-12-10-17(11-13-19)23-28-22(32-29-23)16-30-14-6-7-18(15-30)24(31)27-21-9-5-4-8-20(21)26/h4-5,8-13,18H,6-7,14-16H2,1-3H3,(H,27,31). The van der Waals surface area contributed by atoms with Gasteiger partial charge < -0.3 is 9.84 Å². The number of piperidine rings is 1. The van der Waals surface area contributed by atoms with Crippen LogP contribution in [-0.2, 0) is 16.8 Å². The summed E-state index contributed by atoms with van der Waals surface area (Å²) < 4.78 is 5.51. The maximum absolute atomic E-state index is 12.8. The Balaban J connectivity index is 1.37. The second kappa shape index (κ2) is 9.43. The van der Waals surface area contributed by atoms with Gasteiger partial charge in [0.1, 0.15) is 0 Å². The molecule has 168 valence electrons. The number of hydrogen-bond donors (Lipinski definition) is 1. The number of anilines is 1. The van der Waals surface area contributed by atoms with E-state index in [1.165, 1.54) is 5.56 Å². The number of nitrogens with zero attached hydrogens (tertiary/aromatic N) is 3. The molecule has 32 heavy (non-hydrogen) atoms. The maximum atomic E-state index is 12.8. The van der Waals surface area contributed by atoms with Gasteiger partial charge in [-0.1, -0.05) is 73.9 Å². The van der Waals surface area contributed by atoms with Gasteiger partial charge >= 0.3 is 0 Å². The lowest BCUT2D eigenvalue weighted by molar-refractivity contribution is -0.121. The van der Waals surface area contributed by atoms with Crippen molar-refractivity contribution >= 4 is 23.2 Å². The predicted octanol–water partition coefficient (Wildman–Crippen LogP) is 5.54. The van der Waals surface area contributed by atoms with E-state index in [-0.39, 0.29) is 17.2 Å². The number of benzene rings is 2. The van der Waals surface area contributed by atoms with E-state index in [4.69, 9.17) is 16.1 Å². The molecular weight excluding hydrogens is 424 g/mol. The molecule has 0 bridgehead atoms. The van der Waals surface area contributed by atoms with Crippen LogP contribution in [0.25, 0.3) is 11.4 Å². The van der Waals surface area contributed by atoms with E-state index in [2.05, 4.69) is 53.3 Å². The minimum atomic E-state index is -0.104. The number of carbonyl (C=O) groups is 1. The highest BCUT2D eigenvalue weighted by molar-refractivity contribution is 6.33. The van der Waals surface area contributed by atoms with Crippen LogP contribution in [0.5, 0.6) is 0 Å². The maximum Gasteiger partial charge on any atom is 0.241 e. The number of para-hydroxylation sites is 1. The largest absolute Gasteiger partial charge is 0.338 e. The summed E-state index contributed by atoms with van der Waals surface area (Å²) in [6.07, 6.45) is 1.79. The zero-order valence-corrected chi connectivity index (χ0v) is 19.5. The van der Waals surface area contributed by atoms with Crippen LogP contribution in [0.15, 0.2) is 53.1 Å². The van der Waals surface area contributed by atoms with Gasteiger partial charge in [0.2, 0.25) is 17.6 Å². The Morgan fingerprint density at radius 1 is 1.19 bits per heavy atom. The Hall–Kier alpha value is -2.70. The van der Waals surface area contributed by atoms with E-state index in [9.17, 15) is 4.79 Å². The van der Waals surface area contributed by atoms with Gasteiger partial charge in [-0.2, -0.15) is 4.98 Å². The van der Waals surface area contributed by atoms with Crippen LogP contribution in [0.2, 0.25) is 5.02 Å². The van der Waals surface area contributed by atoms with Gasteiger partial charge in [0, 0.05) is 12.1 Å².